The van der Waals surface area contributed by atoms with Gasteiger partial charge in [-0.05, 0) is 26.0 Å². The van der Waals surface area contributed by atoms with Crippen molar-refractivity contribution >= 4 is 11.9 Å². The van der Waals surface area contributed by atoms with E-state index in [1.54, 1.807) is 0 Å². The molecule has 0 aliphatic carbocycles. The SMILES string of the molecule is CC(=O)Nc1nnc(-c2cc(C)cc(C)c2)o1. The van der Waals surface area contributed by atoms with Gasteiger partial charge in [-0.3, -0.25) is 10.1 Å². The van der Waals surface area contributed by atoms with Crippen LogP contribution in [0.15, 0.2) is 22.6 Å². The van der Waals surface area contributed by atoms with Gasteiger partial charge in [-0.1, -0.05) is 22.3 Å². The third-order valence-electron chi connectivity index (χ3n) is 2.18. The third kappa shape index (κ3) is 2.69. The third-order valence-corrected chi connectivity index (χ3v) is 2.18. The molecule has 0 aliphatic rings. The fraction of sp³-hybridized carbons (Fsp3) is 0.250. The number of carbonyl (C=O) groups is 1. The van der Waals surface area contributed by atoms with Crippen LogP contribution in [0, 0.1) is 13.8 Å². The van der Waals surface area contributed by atoms with Gasteiger partial charge in [0.25, 0.3) is 0 Å². The lowest BCUT2D eigenvalue weighted by atomic mass is 10.1. The van der Waals surface area contributed by atoms with Crippen molar-refractivity contribution in [3.63, 3.8) is 0 Å². The quantitative estimate of drug-likeness (QED) is 0.861. The monoisotopic (exact) mass is 231 g/mol. The Morgan fingerprint density at radius 1 is 1.18 bits per heavy atom. The Balaban J connectivity index is 2.33. The van der Waals surface area contributed by atoms with Gasteiger partial charge in [0.1, 0.15) is 0 Å². The van der Waals surface area contributed by atoms with Crippen LogP contribution < -0.4 is 5.32 Å². The van der Waals surface area contributed by atoms with Crippen LogP contribution in [0.3, 0.4) is 0 Å². The molecule has 1 aromatic heterocycles. The molecule has 17 heavy (non-hydrogen) atoms. The van der Waals surface area contributed by atoms with Crippen molar-refractivity contribution in [3.05, 3.63) is 29.3 Å². The van der Waals surface area contributed by atoms with Gasteiger partial charge < -0.3 is 4.42 Å². The smallest absolute Gasteiger partial charge is 0.322 e. The minimum atomic E-state index is -0.236. The summed E-state index contributed by atoms with van der Waals surface area (Å²) in [5, 5.41) is 10.1. The van der Waals surface area contributed by atoms with E-state index in [4.69, 9.17) is 4.42 Å². The van der Waals surface area contributed by atoms with E-state index < -0.39 is 0 Å². The van der Waals surface area contributed by atoms with Gasteiger partial charge in [-0.2, -0.15) is 0 Å². The van der Waals surface area contributed by atoms with Gasteiger partial charge in [0.05, 0.1) is 0 Å². The maximum absolute atomic E-state index is 10.8. The molecule has 0 saturated heterocycles. The Kier molecular flexibility index (Phi) is 2.91. The molecule has 0 bridgehead atoms. The van der Waals surface area contributed by atoms with Gasteiger partial charge in [-0.15, -0.1) is 5.10 Å². The number of hydrogen-bond acceptors (Lipinski definition) is 4. The second kappa shape index (κ2) is 4.37. The average molecular weight is 231 g/mol. The zero-order chi connectivity index (χ0) is 12.4. The highest BCUT2D eigenvalue weighted by molar-refractivity contribution is 5.86. The molecular weight excluding hydrogens is 218 g/mol. The Morgan fingerprint density at radius 3 is 2.41 bits per heavy atom. The van der Waals surface area contributed by atoms with E-state index in [0.29, 0.717) is 5.89 Å². The lowest BCUT2D eigenvalue weighted by Gasteiger charge is -2.00. The Bertz CT molecular complexity index is 540. The van der Waals surface area contributed by atoms with Crippen molar-refractivity contribution in [2.45, 2.75) is 20.8 Å². The first kappa shape index (κ1) is 11.3. The van der Waals surface area contributed by atoms with Gasteiger partial charge >= 0.3 is 6.01 Å². The molecule has 88 valence electrons. The van der Waals surface area contributed by atoms with Crippen molar-refractivity contribution in [1.29, 1.82) is 0 Å². The van der Waals surface area contributed by atoms with Crippen molar-refractivity contribution in [1.82, 2.24) is 10.2 Å². The summed E-state index contributed by atoms with van der Waals surface area (Å²) in [6.07, 6.45) is 0. The minimum absolute atomic E-state index is 0.117. The molecule has 5 nitrogen and oxygen atoms in total. The number of nitrogens with zero attached hydrogens (tertiary/aromatic N) is 2. The molecule has 0 aliphatic heterocycles. The summed E-state index contributed by atoms with van der Waals surface area (Å²) in [5.41, 5.74) is 3.10. The summed E-state index contributed by atoms with van der Waals surface area (Å²) in [4.78, 5) is 10.8. The number of aryl methyl sites for hydroxylation is 2. The largest absolute Gasteiger partial charge is 0.403 e. The number of rotatable bonds is 2. The van der Waals surface area contributed by atoms with E-state index in [-0.39, 0.29) is 11.9 Å². The number of amides is 1. The highest BCUT2D eigenvalue weighted by Gasteiger charge is 2.09. The number of nitrogens with one attached hydrogen (secondary N) is 1. The fourth-order valence-electron chi connectivity index (χ4n) is 1.64. The normalized spacial score (nSPS) is 10.3. The van der Waals surface area contributed by atoms with E-state index >= 15 is 0 Å². The van der Waals surface area contributed by atoms with Crippen molar-refractivity contribution < 1.29 is 9.21 Å². The zero-order valence-corrected chi connectivity index (χ0v) is 9.94. The van der Waals surface area contributed by atoms with E-state index in [1.165, 1.54) is 6.92 Å². The Labute approximate surface area is 98.9 Å². The van der Waals surface area contributed by atoms with Crippen LogP contribution in [-0.2, 0) is 4.79 Å². The van der Waals surface area contributed by atoms with Gasteiger partial charge in [0.15, 0.2) is 0 Å². The number of carbonyl (C=O) groups excluding carboxylic acids is 1. The molecule has 5 heteroatoms. The predicted molar refractivity (Wildman–Crippen MR) is 63.5 cm³/mol. The number of benzene rings is 1. The van der Waals surface area contributed by atoms with Crippen LogP contribution in [0.4, 0.5) is 6.01 Å². The minimum Gasteiger partial charge on any atom is -0.403 e. The summed E-state index contributed by atoms with van der Waals surface area (Å²) >= 11 is 0. The highest BCUT2D eigenvalue weighted by Crippen LogP contribution is 2.22. The van der Waals surface area contributed by atoms with E-state index in [2.05, 4.69) is 21.6 Å². The summed E-state index contributed by atoms with van der Waals surface area (Å²) in [6, 6.07) is 6.09. The summed E-state index contributed by atoms with van der Waals surface area (Å²) < 4.78 is 5.34. The lowest BCUT2D eigenvalue weighted by Crippen LogP contribution is -2.05. The van der Waals surface area contributed by atoms with Crippen LogP contribution in [-0.4, -0.2) is 16.1 Å². The van der Waals surface area contributed by atoms with Gasteiger partial charge in [-0.25, -0.2) is 0 Å². The van der Waals surface area contributed by atoms with Crippen LogP contribution in [0.25, 0.3) is 11.5 Å². The maximum atomic E-state index is 10.8. The molecular formula is C12H13N3O2. The molecule has 0 atom stereocenters. The second-order valence-corrected chi connectivity index (χ2v) is 3.97. The summed E-state index contributed by atoms with van der Waals surface area (Å²) in [7, 11) is 0. The van der Waals surface area contributed by atoms with Crippen LogP contribution in [0.1, 0.15) is 18.1 Å². The van der Waals surface area contributed by atoms with Crippen LogP contribution >= 0.6 is 0 Å². The average Bonchev–Trinajstić information content (AvgIpc) is 2.63. The highest BCUT2D eigenvalue weighted by atomic mass is 16.4. The van der Waals surface area contributed by atoms with Crippen LogP contribution in [0.2, 0.25) is 0 Å². The summed E-state index contributed by atoms with van der Waals surface area (Å²) in [6.45, 7) is 5.39. The molecule has 2 aromatic rings. The van der Waals surface area contributed by atoms with Gasteiger partial charge in [0, 0.05) is 12.5 Å². The van der Waals surface area contributed by atoms with Crippen LogP contribution in [0.5, 0.6) is 0 Å². The fourth-order valence-corrected chi connectivity index (χ4v) is 1.64. The first-order valence-corrected chi connectivity index (χ1v) is 5.24. The molecule has 0 fully saturated rings. The molecule has 0 unspecified atom stereocenters. The predicted octanol–water partition coefficient (Wildman–Crippen LogP) is 2.31. The molecule has 1 N–H and O–H groups in total. The first-order chi connectivity index (χ1) is 8.04. The lowest BCUT2D eigenvalue weighted by molar-refractivity contribution is -0.114. The van der Waals surface area contributed by atoms with Crippen molar-refractivity contribution in [2.75, 3.05) is 5.32 Å². The maximum Gasteiger partial charge on any atom is 0.322 e. The number of aromatic nitrogens is 2. The Hall–Kier alpha value is -2.17. The zero-order valence-electron chi connectivity index (χ0n) is 9.94. The number of hydrogen-bond donors (Lipinski definition) is 1. The van der Waals surface area contributed by atoms with Gasteiger partial charge in [0.2, 0.25) is 11.8 Å². The Morgan fingerprint density at radius 2 is 1.82 bits per heavy atom. The molecule has 0 spiro atoms. The summed E-state index contributed by atoms with van der Waals surface area (Å²) in [5.74, 6) is 0.168. The number of anilines is 1. The van der Waals surface area contributed by atoms with Crippen molar-refractivity contribution in [2.24, 2.45) is 0 Å². The van der Waals surface area contributed by atoms with E-state index in [1.807, 2.05) is 26.0 Å². The van der Waals surface area contributed by atoms with E-state index in [0.717, 1.165) is 16.7 Å². The topological polar surface area (TPSA) is 68.0 Å². The second-order valence-electron chi connectivity index (χ2n) is 3.97. The molecule has 2 rings (SSSR count). The van der Waals surface area contributed by atoms with E-state index in [9.17, 15) is 4.79 Å². The first-order valence-electron chi connectivity index (χ1n) is 5.24. The molecule has 1 aromatic carbocycles. The standard InChI is InChI=1S/C12H13N3O2/c1-7-4-8(2)6-10(5-7)11-14-15-12(17-11)13-9(3)16/h4-6H,1-3H3,(H,13,15,16). The molecule has 1 amide bonds. The molecule has 0 radical (unpaired) electrons. The van der Waals surface area contributed by atoms with Crippen molar-refractivity contribution in [3.8, 4) is 11.5 Å². The molecule has 0 saturated carbocycles. The molecule has 1 heterocycles.